The normalized spacial score (nSPS) is 11.1. The first-order chi connectivity index (χ1) is 17.4. The fourth-order valence-electron chi connectivity index (χ4n) is 2.87. The van der Waals surface area contributed by atoms with Crippen LogP contribution in [0.1, 0.15) is 24.5 Å². The van der Waals surface area contributed by atoms with E-state index < -0.39 is 11.9 Å². The number of benzene rings is 2. The van der Waals surface area contributed by atoms with Crippen molar-refractivity contribution in [1.82, 2.24) is 5.32 Å². The molecule has 0 bridgehead atoms. The minimum absolute atomic E-state index is 0.0761. The van der Waals surface area contributed by atoms with Gasteiger partial charge in [0, 0.05) is 13.7 Å². The summed E-state index contributed by atoms with van der Waals surface area (Å²) in [7, 11) is 2.89. The molecule has 2 aromatic carbocycles. The summed E-state index contributed by atoms with van der Waals surface area (Å²) < 4.78 is 21.1. The number of methoxy groups -OCH3 is 2. The molecule has 0 saturated carbocycles. The summed E-state index contributed by atoms with van der Waals surface area (Å²) in [6.07, 6.45) is 3.68. The Kier molecular flexibility index (Phi) is 11.2. The number of ether oxygens (including phenoxy) is 4. The fourth-order valence-corrected chi connectivity index (χ4v) is 2.87. The van der Waals surface area contributed by atoms with Gasteiger partial charge >= 0.3 is 5.97 Å². The van der Waals surface area contributed by atoms with Gasteiger partial charge in [-0.1, -0.05) is 25.1 Å². The van der Waals surface area contributed by atoms with Crippen LogP contribution in [0.15, 0.2) is 53.6 Å². The van der Waals surface area contributed by atoms with Gasteiger partial charge in [-0.15, -0.1) is 0 Å². The number of hydrogen-bond donors (Lipinski definition) is 1. The van der Waals surface area contributed by atoms with E-state index in [0.29, 0.717) is 30.1 Å². The molecule has 9 nitrogen and oxygen atoms in total. The zero-order valence-corrected chi connectivity index (χ0v) is 20.4. The highest BCUT2D eigenvalue weighted by Crippen LogP contribution is 2.30. The average Bonchev–Trinajstić information content (AvgIpc) is 2.90. The molecule has 0 saturated heterocycles. The van der Waals surface area contributed by atoms with Gasteiger partial charge in [0.2, 0.25) is 0 Å². The zero-order valence-electron chi connectivity index (χ0n) is 20.4. The van der Waals surface area contributed by atoms with E-state index in [1.165, 1.54) is 38.5 Å². The maximum Gasteiger partial charge on any atom is 0.354 e. The summed E-state index contributed by atoms with van der Waals surface area (Å²) in [6.45, 7) is 3.18. The highest BCUT2D eigenvalue weighted by Gasteiger charge is 2.16. The molecule has 0 aliphatic heterocycles. The summed E-state index contributed by atoms with van der Waals surface area (Å²) in [6, 6.07) is 15.2. The van der Waals surface area contributed by atoms with Crippen LogP contribution >= 0.6 is 0 Å². The van der Waals surface area contributed by atoms with E-state index >= 15 is 0 Å². The van der Waals surface area contributed by atoms with Gasteiger partial charge in [0.1, 0.15) is 29.0 Å². The Balaban J connectivity index is 2.18. The lowest BCUT2D eigenvalue weighted by atomic mass is 10.1. The number of nitriles is 2. The Morgan fingerprint density at radius 1 is 0.917 bits per heavy atom. The van der Waals surface area contributed by atoms with E-state index in [-0.39, 0.29) is 29.2 Å². The van der Waals surface area contributed by atoms with Crippen LogP contribution in [0, 0.1) is 22.7 Å². The third-order valence-electron chi connectivity index (χ3n) is 4.66. The van der Waals surface area contributed by atoms with Crippen molar-refractivity contribution in [2.75, 3.05) is 34.0 Å². The van der Waals surface area contributed by atoms with Gasteiger partial charge in [0.05, 0.1) is 20.3 Å². The molecule has 2 rings (SSSR count). The first-order valence-corrected chi connectivity index (χ1v) is 11.1. The van der Waals surface area contributed by atoms with Crippen LogP contribution in [-0.2, 0) is 14.3 Å². The predicted molar refractivity (Wildman–Crippen MR) is 133 cm³/mol. The Labute approximate surface area is 210 Å². The summed E-state index contributed by atoms with van der Waals surface area (Å²) in [5.41, 5.74) is 0.792. The van der Waals surface area contributed by atoms with Crippen molar-refractivity contribution >= 4 is 24.0 Å². The zero-order chi connectivity index (χ0) is 26.3. The van der Waals surface area contributed by atoms with Crippen molar-refractivity contribution in [2.45, 2.75) is 13.3 Å². The lowest BCUT2D eigenvalue weighted by molar-refractivity contribution is -0.129. The molecule has 0 spiro atoms. The number of carbonyl (C=O) groups is 2. The second-order valence-electron chi connectivity index (χ2n) is 7.31. The van der Waals surface area contributed by atoms with Crippen molar-refractivity contribution in [2.24, 2.45) is 0 Å². The second-order valence-corrected chi connectivity index (χ2v) is 7.31. The van der Waals surface area contributed by atoms with E-state index in [9.17, 15) is 20.1 Å². The quantitative estimate of drug-likeness (QED) is 0.157. The van der Waals surface area contributed by atoms with Gasteiger partial charge < -0.3 is 24.3 Å². The van der Waals surface area contributed by atoms with Crippen molar-refractivity contribution in [1.29, 1.82) is 10.5 Å². The molecule has 186 valence electrons. The highest BCUT2D eigenvalue weighted by molar-refractivity contribution is 6.02. The van der Waals surface area contributed by atoms with Crippen LogP contribution in [0.5, 0.6) is 17.2 Å². The summed E-state index contributed by atoms with van der Waals surface area (Å²) in [4.78, 5) is 24.8. The van der Waals surface area contributed by atoms with Gasteiger partial charge in [-0.2, -0.15) is 10.5 Å². The summed E-state index contributed by atoms with van der Waals surface area (Å²) in [5.74, 6) is -0.449. The van der Waals surface area contributed by atoms with Crippen molar-refractivity contribution < 1.29 is 28.5 Å². The first-order valence-electron chi connectivity index (χ1n) is 11.1. The Bertz CT molecular complexity index is 1200. The highest BCUT2D eigenvalue weighted by atomic mass is 16.6. The van der Waals surface area contributed by atoms with Crippen molar-refractivity contribution in [3.8, 4) is 29.4 Å². The lowest BCUT2D eigenvalue weighted by Gasteiger charge is -2.10. The average molecular weight is 490 g/mol. The van der Waals surface area contributed by atoms with Gasteiger partial charge in [-0.25, -0.2) is 4.79 Å². The minimum Gasteiger partial charge on any atom is -0.494 e. The van der Waals surface area contributed by atoms with Crippen molar-refractivity contribution in [3.05, 3.63) is 64.7 Å². The number of nitrogens with one attached hydrogen (secondary N) is 1. The van der Waals surface area contributed by atoms with Gasteiger partial charge in [-0.05, 0) is 54.0 Å². The van der Waals surface area contributed by atoms with Gasteiger partial charge in [0.15, 0.2) is 11.5 Å². The monoisotopic (exact) mass is 489 g/mol. The largest absolute Gasteiger partial charge is 0.494 e. The first kappa shape index (κ1) is 27.6. The number of esters is 1. The lowest BCUT2D eigenvalue weighted by Crippen LogP contribution is -2.27. The van der Waals surface area contributed by atoms with Crippen molar-refractivity contribution in [3.63, 3.8) is 0 Å². The molecule has 0 heterocycles. The van der Waals surface area contributed by atoms with Crippen LogP contribution in [0.2, 0.25) is 0 Å². The number of carbonyl (C=O) groups excluding carboxylic acids is 2. The van der Waals surface area contributed by atoms with Crippen LogP contribution in [0.3, 0.4) is 0 Å². The number of rotatable bonds is 12. The third-order valence-corrected chi connectivity index (χ3v) is 4.66. The van der Waals surface area contributed by atoms with E-state index in [1.54, 1.807) is 30.3 Å². The SMILES string of the molecule is CCCOc1ccc(/C=C(\C#N)C(=O)Oc2ccc(/C=C(\C#N)C(=O)NCCOC)cc2OC)cc1. The fraction of sp³-hybridized carbons (Fsp3) is 0.259. The smallest absolute Gasteiger partial charge is 0.354 e. The molecule has 0 atom stereocenters. The predicted octanol–water partition coefficient (Wildman–Crippen LogP) is 3.67. The van der Waals surface area contributed by atoms with E-state index in [0.717, 1.165) is 6.42 Å². The maximum absolute atomic E-state index is 12.6. The third kappa shape index (κ3) is 8.32. The molecular formula is C27H27N3O6. The standard InChI is InChI=1S/C27H27N3O6/c1-4-12-35-23-8-5-19(6-9-23)14-22(18-29)27(32)36-24-10-7-20(16-25(24)34-3)15-21(17-28)26(31)30-11-13-33-2/h5-10,14-16H,4,11-13H2,1-3H3,(H,30,31)/b21-15+,22-14+. The molecule has 36 heavy (non-hydrogen) atoms. The Morgan fingerprint density at radius 2 is 1.58 bits per heavy atom. The van der Waals surface area contributed by atoms with Gasteiger partial charge in [-0.3, -0.25) is 4.79 Å². The molecule has 2 aromatic rings. The molecule has 0 aromatic heterocycles. The van der Waals surface area contributed by atoms with E-state index in [4.69, 9.17) is 18.9 Å². The summed E-state index contributed by atoms with van der Waals surface area (Å²) in [5, 5.41) is 21.4. The molecule has 0 fully saturated rings. The Morgan fingerprint density at radius 3 is 2.19 bits per heavy atom. The van der Waals surface area contributed by atoms with E-state index in [1.807, 2.05) is 19.1 Å². The number of amides is 1. The molecule has 0 aliphatic carbocycles. The molecule has 0 unspecified atom stereocenters. The molecule has 1 amide bonds. The molecule has 0 radical (unpaired) electrons. The van der Waals surface area contributed by atoms with Crippen LogP contribution < -0.4 is 19.5 Å². The molecule has 9 heteroatoms. The topological polar surface area (TPSA) is 131 Å². The number of nitrogens with zero attached hydrogens (tertiary/aromatic N) is 2. The summed E-state index contributed by atoms with van der Waals surface area (Å²) >= 11 is 0. The van der Waals surface area contributed by atoms with Crippen LogP contribution in [0.25, 0.3) is 12.2 Å². The second kappa shape index (κ2) is 14.6. The molecule has 0 aliphatic rings. The maximum atomic E-state index is 12.6. The van der Waals surface area contributed by atoms with Crippen LogP contribution in [0.4, 0.5) is 0 Å². The van der Waals surface area contributed by atoms with Crippen LogP contribution in [-0.4, -0.2) is 45.9 Å². The Hall–Kier alpha value is -4.60. The molecule has 1 N–H and O–H groups in total. The number of hydrogen-bond acceptors (Lipinski definition) is 8. The van der Waals surface area contributed by atoms with Gasteiger partial charge in [0.25, 0.3) is 5.91 Å². The molecular weight excluding hydrogens is 462 g/mol. The van der Waals surface area contributed by atoms with E-state index in [2.05, 4.69) is 5.32 Å². The minimum atomic E-state index is -0.861.